The van der Waals surface area contributed by atoms with Crippen LogP contribution in [0.4, 0.5) is 17.6 Å². The minimum absolute atomic E-state index is 0.207. The van der Waals surface area contributed by atoms with Crippen molar-refractivity contribution in [2.75, 3.05) is 6.61 Å². The molecule has 0 saturated heterocycles. The van der Waals surface area contributed by atoms with E-state index < -0.39 is 38.2 Å². The first-order valence-electron chi connectivity index (χ1n) is 8.89. The van der Waals surface area contributed by atoms with Crippen LogP contribution in [-0.4, -0.2) is 31.3 Å². The van der Waals surface area contributed by atoms with E-state index >= 15 is 0 Å². The summed E-state index contributed by atoms with van der Waals surface area (Å²) in [7, 11) is -9.66. The molecule has 3 aromatic carbocycles. The van der Waals surface area contributed by atoms with Gasteiger partial charge in [-0.15, -0.1) is 0 Å². The smallest absolute Gasteiger partial charge is 0.390 e. The van der Waals surface area contributed by atoms with Gasteiger partial charge in [0.2, 0.25) is 0 Å². The molecule has 0 aliphatic carbocycles. The molecule has 0 aromatic heterocycles. The molecule has 0 aliphatic heterocycles. The van der Waals surface area contributed by atoms with Crippen LogP contribution < -0.4 is 0 Å². The molecule has 0 heterocycles. The standard InChI is InChI=1S/C21H18F4O4S2/c22-20(23,16-26)21(24,25)31(27,28)29-30(17-10-4-1-5-11-17,18-12-6-2-7-13-18)19-14-8-3-9-15-19/h1-15,26H,16H2. The summed E-state index contributed by atoms with van der Waals surface area (Å²) in [6, 6.07) is 23.1. The fraction of sp³-hybridized carbons (Fsp3) is 0.143. The molecular formula is C21H18F4O4S2. The largest absolute Gasteiger partial charge is 0.435 e. The zero-order valence-corrected chi connectivity index (χ0v) is 17.5. The molecule has 0 bridgehead atoms. The molecule has 31 heavy (non-hydrogen) atoms. The molecule has 10 heteroatoms. The Morgan fingerprint density at radius 3 is 1.29 bits per heavy atom. The molecule has 4 nitrogen and oxygen atoms in total. The number of rotatable bonds is 8. The van der Waals surface area contributed by atoms with Crippen LogP contribution in [0, 0.1) is 0 Å². The van der Waals surface area contributed by atoms with Crippen LogP contribution >= 0.6 is 10.3 Å². The van der Waals surface area contributed by atoms with E-state index in [9.17, 15) is 26.0 Å². The Bertz CT molecular complexity index is 1010. The van der Waals surface area contributed by atoms with Crippen LogP contribution in [0.1, 0.15) is 0 Å². The first-order valence-corrected chi connectivity index (χ1v) is 11.9. The average molecular weight is 474 g/mol. The third-order valence-corrected chi connectivity index (χ3v) is 9.62. The monoisotopic (exact) mass is 474 g/mol. The third kappa shape index (κ3) is 4.08. The van der Waals surface area contributed by atoms with Crippen LogP contribution in [0.25, 0.3) is 0 Å². The molecule has 0 unspecified atom stereocenters. The van der Waals surface area contributed by atoms with Crippen LogP contribution in [-0.2, 0) is 13.7 Å². The molecule has 0 radical (unpaired) electrons. The Kier molecular flexibility index (Phi) is 6.47. The fourth-order valence-electron chi connectivity index (χ4n) is 2.81. The summed E-state index contributed by atoms with van der Waals surface area (Å²) in [6.45, 7) is -2.37. The van der Waals surface area contributed by atoms with E-state index in [1.54, 1.807) is 54.6 Å². The van der Waals surface area contributed by atoms with Crippen LogP contribution in [0.2, 0.25) is 0 Å². The lowest BCUT2D eigenvalue weighted by Crippen LogP contribution is -2.50. The Labute approximate surface area is 178 Å². The first kappa shape index (κ1) is 23.3. The molecule has 3 rings (SSSR count). The summed E-state index contributed by atoms with van der Waals surface area (Å²) >= 11 is 0. The Morgan fingerprint density at radius 2 is 1.00 bits per heavy atom. The molecule has 166 valence electrons. The minimum Gasteiger partial charge on any atom is -0.390 e. The highest BCUT2D eigenvalue weighted by atomic mass is 32.3. The van der Waals surface area contributed by atoms with Crippen LogP contribution in [0.5, 0.6) is 0 Å². The van der Waals surface area contributed by atoms with Gasteiger partial charge in [0.25, 0.3) is 0 Å². The Morgan fingerprint density at radius 1 is 0.677 bits per heavy atom. The lowest BCUT2D eigenvalue weighted by molar-refractivity contribution is -0.180. The van der Waals surface area contributed by atoms with Gasteiger partial charge in [0.15, 0.2) is 0 Å². The number of benzene rings is 3. The van der Waals surface area contributed by atoms with E-state index in [4.69, 9.17) is 8.74 Å². The van der Waals surface area contributed by atoms with Crippen molar-refractivity contribution in [1.82, 2.24) is 0 Å². The highest BCUT2D eigenvalue weighted by Crippen LogP contribution is 2.70. The summed E-state index contributed by atoms with van der Waals surface area (Å²) in [5.41, 5.74) is 0. The van der Waals surface area contributed by atoms with Crippen molar-refractivity contribution in [3.05, 3.63) is 91.0 Å². The lowest BCUT2D eigenvalue weighted by atomic mass is 10.4. The molecule has 0 aliphatic rings. The zero-order chi connectivity index (χ0) is 22.8. The van der Waals surface area contributed by atoms with Gasteiger partial charge in [-0.25, -0.2) is 3.63 Å². The summed E-state index contributed by atoms with van der Waals surface area (Å²) in [5, 5.41) is 3.02. The molecule has 3 aromatic rings. The fourth-order valence-corrected chi connectivity index (χ4v) is 8.04. The van der Waals surface area contributed by atoms with E-state index in [0.717, 1.165) is 0 Å². The predicted molar refractivity (Wildman–Crippen MR) is 109 cm³/mol. The van der Waals surface area contributed by atoms with E-state index in [2.05, 4.69) is 0 Å². The number of hydrogen-bond acceptors (Lipinski definition) is 4. The summed E-state index contributed by atoms with van der Waals surface area (Å²) < 4.78 is 86.9. The Balaban J connectivity index is 2.34. The average Bonchev–Trinajstić information content (AvgIpc) is 2.79. The van der Waals surface area contributed by atoms with Crippen molar-refractivity contribution in [3.63, 3.8) is 0 Å². The van der Waals surface area contributed by atoms with Gasteiger partial charge in [-0.2, -0.15) is 26.0 Å². The molecule has 0 spiro atoms. The van der Waals surface area contributed by atoms with E-state index in [1.165, 1.54) is 36.4 Å². The van der Waals surface area contributed by atoms with E-state index in [-0.39, 0.29) is 14.7 Å². The van der Waals surface area contributed by atoms with Crippen molar-refractivity contribution < 1.29 is 34.7 Å². The summed E-state index contributed by atoms with van der Waals surface area (Å²) in [4.78, 5) is 0.622. The second-order valence-electron chi connectivity index (χ2n) is 6.40. The normalized spacial score (nSPS) is 13.7. The third-order valence-electron chi connectivity index (χ3n) is 4.36. The quantitative estimate of drug-likeness (QED) is 0.441. The number of hydrogen-bond donors (Lipinski definition) is 1. The lowest BCUT2D eigenvalue weighted by Gasteiger charge is -2.40. The zero-order valence-electron chi connectivity index (χ0n) is 15.9. The molecule has 0 atom stereocenters. The Hall–Kier alpha value is -2.40. The highest BCUT2D eigenvalue weighted by molar-refractivity contribution is 8.33. The predicted octanol–water partition coefficient (Wildman–Crippen LogP) is 5.45. The van der Waals surface area contributed by atoms with Gasteiger partial charge >= 0.3 is 21.3 Å². The van der Waals surface area contributed by atoms with Crippen molar-refractivity contribution in [2.24, 2.45) is 0 Å². The summed E-state index contributed by atoms with van der Waals surface area (Å²) in [5.74, 6) is -5.25. The second kappa shape index (κ2) is 8.62. The molecule has 0 saturated carbocycles. The molecule has 0 amide bonds. The number of aliphatic hydroxyl groups is 1. The van der Waals surface area contributed by atoms with Crippen molar-refractivity contribution >= 4 is 20.4 Å². The van der Waals surface area contributed by atoms with Crippen molar-refractivity contribution in [3.8, 4) is 0 Å². The maximum absolute atomic E-state index is 14.4. The summed E-state index contributed by atoms with van der Waals surface area (Å²) in [6.07, 6.45) is 0. The van der Waals surface area contributed by atoms with Crippen molar-refractivity contribution in [2.45, 2.75) is 25.9 Å². The first-order chi connectivity index (χ1) is 14.6. The van der Waals surface area contributed by atoms with E-state index in [0.29, 0.717) is 0 Å². The topological polar surface area (TPSA) is 63.6 Å². The van der Waals surface area contributed by atoms with Gasteiger partial charge in [-0.3, -0.25) is 0 Å². The van der Waals surface area contributed by atoms with Crippen LogP contribution in [0.15, 0.2) is 106 Å². The minimum atomic E-state index is -6.24. The number of alkyl halides is 4. The molecule has 0 fully saturated rings. The van der Waals surface area contributed by atoms with Gasteiger partial charge in [0, 0.05) is 14.7 Å². The molecular weight excluding hydrogens is 456 g/mol. The van der Waals surface area contributed by atoms with Gasteiger partial charge in [-0.05, 0) is 46.7 Å². The molecule has 1 N–H and O–H groups in total. The number of halogens is 4. The van der Waals surface area contributed by atoms with Gasteiger partial charge < -0.3 is 5.11 Å². The van der Waals surface area contributed by atoms with Gasteiger partial charge in [-0.1, -0.05) is 54.6 Å². The second-order valence-corrected chi connectivity index (χ2v) is 10.9. The van der Waals surface area contributed by atoms with Crippen molar-refractivity contribution in [1.29, 1.82) is 0 Å². The highest BCUT2D eigenvalue weighted by Gasteiger charge is 2.67. The number of aliphatic hydroxyl groups excluding tert-OH is 1. The van der Waals surface area contributed by atoms with Gasteiger partial charge in [0.1, 0.15) is 6.61 Å². The van der Waals surface area contributed by atoms with Gasteiger partial charge in [0.05, 0.1) is 0 Å². The SMILES string of the molecule is O=S(=O)(OS(c1ccccc1)(c1ccccc1)c1ccccc1)C(F)(F)C(F)(F)CO. The maximum Gasteiger partial charge on any atom is 0.435 e. The maximum atomic E-state index is 14.4. The van der Waals surface area contributed by atoms with Crippen LogP contribution in [0.3, 0.4) is 0 Å². The van der Waals surface area contributed by atoms with E-state index in [1.807, 2.05) is 0 Å².